The zero-order valence-corrected chi connectivity index (χ0v) is 20.9. The summed E-state index contributed by atoms with van der Waals surface area (Å²) in [5.74, 6) is -2.37. The predicted octanol–water partition coefficient (Wildman–Crippen LogP) is 5.18. The molecule has 0 saturated carbocycles. The molecule has 192 valence electrons. The minimum absolute atomic E-state index is 0.0659. The van der Waals surface area contributed by atoms with Crippen molar-refractivity contribution in [1.82, 2.24) is 4.98 Å². The SMILES string of the molecule is COc1cccc2cc(C(=O)C3=C(O)C(=O)N(c4cccc(C(=O)OC(C)C)c4)C3c3cccnc3)oc12. The van der Waals surface area contributed by atoms with Crippen LogP contribution in [0.15, 0.2) is 88.8 Å². The van der Waals surface area contributed by atoms with Crippen LogP contribution < -0.4 is 9.64 Å². The molecule has 2 aromatic heterocycles. The third-order valence-corrected chi connectivity index (χ3v) is 6.11. The van der Waals surface area contributed by atoms with Crippen LogP contribution in [0.1, 0.15) is 46.4 Å². The lowest BCUT2D eigenvalue weighted by Gasteiger charge is -2.26. The number of hydrogen-bond acceptors (Lipinski definition) is 8. The van der Waals surface area contributed by atoms with Crippen molar-refractivity contribution < 1.29 is 33.4 Å². The van der Waals surface area contributed by atoms with E-state index in [1.807, 2.05) is 0 Å². The number of para-hydroxylation sites is 1. The van der Waals surface area contributed by atoms with Crippen LogP contribution in [0.25, 0.3) is 11.0 Å². The number of Topliss-reactive ketones (excluding diaryl/α,β-unsaturated/α-hetero) is 1. The number of benzene rings is 2. The van der Waals surface area contributed by atoms with Gasteiger partial charge in [-0.05, 0) is 55.8 Å². The molecule has 0 radical (unpaired) electrons. The smallest absolute Gasteiger partial charge is 0.338 e. The highest BCUT2D eigenvalue weighted by molar-refractivity contribution is 6.21. The number of aromatic nitrogens is 1. The van der Waals surface area contributed by atoms with Gasteiger partial charge in [0.05, 0.1) is 30.4 Å². The molecule has 1 aliphatic heterocycles. The number of ketones is 1. The number of carbonyl (C=O) groups is 3. The zero-order chi connectivity index (χ0) is 27.0. The quantitative estimate of drug-likeness (QED) is 0.266. The molecule has 0 fully saturated rings. The van der Waals surface area contributed by atoms with Crippen molar-refractivity contribution >= 4 is 34.3 Å². The Morgan fingerprint density at radius 1 is 1.08 bits per heavy atom. The second kappa shape index (κ2) is 9.85. The molecule has 1 N–H and O–H groups in total. The van der Waals surface area contributed by atoms with E-state index in [2.05, 4.69) is 4.98 Å². The summed E-state index contributed by atoms with van der Waals surface area (Å²) in [6.07, 6.45) is 2.74. The van der Waals surface area contributed by atoms with E-state index < -0.39 is 29.5 Å². The summed E-state index contributed by atoms with van der Waals surface area (Å²) >= 11 is 0. The Balaban J connectivity index is 1.61. The fourth-order valence-electron chi connectivity index (χ4n) is 4.46. The van der Waals surface area contributed by atoms with Gasteiger partial charge in [-0.2, -0.15) is 0 Å². The molecule has 0 saturated heterocycles. The number of aliphatic hydroxyl groups excluding tert-OH is 1. The molecule has 0 bridgehead atoms. The maximum atomic E-state index is 13.8. The van der Waals surface area contributed by atoms with Crippen LogP contribution in [0.4, 0.5) is 5.69 Å². The second-order valence-corrected chi connectivity index (χ2v) is 8.95. The van der Waals surface area contributed by atoms with Crippen LogP contribution in [-0.2, 0) is 9.53 Å². The topological polar surface area (TPSA) is 119 Å². The Morgan fingerprint density at radius 2 is 1.87 bits per heavy atom. The van der Waals surface area contributed by atoms with E-state index in [-0.39, 0.29) is 23.0 Å². The summed E-state index contributed by atoms with van der Waals surface area (Å²) in [5.41, 5.74) is 1.20. The Bertz CT molecular complexity index is 1590. The number of esters is 1. The van der Waals surface area contributed by atoms with Crippen LogP contribution in [-0.4, -0.2) is 41.0 Å². The number of rotatable bonds is 7. The summed E-state index contributed by atoms with van der Waals surface area (Å²) in [6.45, 7) is 3.47. The number of aliphatic hydroxyl groups is 1. The fraction of sp³-hybridized carbons (Fsp3) is 0.172. The van der Waals surface area contributed by atoms with Crippen molar-refractivity contribution in [2.75, 3.05) is 12.0 Å². The van der Waals surface area contributed by atoms with Gasteiger partial charge in [0, 0.05) is 23.5 Å². The van der Waals surface area contributed by atoms with E-state index in [0.717, 1.165) is 0 Å². The van der Waals surface area contributed by atoms with E-state index in [1.165, 1.54) is 30.3 Å². The van der Waals surface area contributed by atoms with Gasteiger partial charge in [-0.1, -0.05) is 24.3 Å². The van der Waals surface area contributed by atoms with Crippen LogP contribution >= 0.6 is 0 Å². The van der Waals surface area contributed by atoms with Crippen molar-refractivity contribution in [2.24, 2.45) is 0 Å². The molecule has 3 heterocycles. The monoisotopic (exact) mass is 512 g/mol. The Kier molecular flexibility index (Phi) is 6.42. The van der Waals surface area contributed by atoms with Crippen LogP contribution in [0.3, 0.4) is 0 Å². The second-order valence-electron chi connectivity index (χ2n) is 8.95. The average molecular weight is 513 g/mol. The van der Waals surface area contributed by atoms with Gasteiger partial charge >= 0.3 is 5.97 Å². The largest absolute Gasteiger partial charge is 0.503 e. The average Bonchev–Trinajstić information content (AvgIpc) is 3.47. The third kappa shape index (κ3) is 4.28. The van der Waals surface area contributed by atoms with Gasteiger partial charge in [-0.15, -0.1) is 0 Å². The highest BCUT2D eigenvalue weighted by atomic mass is 16.5. The highest BCUT2D eigenvalue weighted by Crippen LogP contribution is 2.42. The summed E-state index contributed by atoms with van der Waals surface area (Å²) in [4.78, 5) is 45.2. The van der Waals surface area contributed by atoms with Crippen molar-refractivity contribution in [1.29, 1.82) is 0 Å². The first-order valence-corrected chi connectivity index (χ1v) is 11.9. The number of furan rings is 1. The lowest BCUT2D eigenvalue weighted by Crippen LogP contribution is -2.31. The molecule has 1 amide bonds. The van der Waals surface area contributed by atoms with Gasteiger partial charge in [-0.3, -0.25) is 19.5 Å². The van der Waals surface area contributed by atoms with E-state index in [9.17, 15) is 19.5 Å². The van der Waals surface area contributed by atoms with Crippen LogP contribution in [0.5, 0.6) is 5.75 Å². The number of ether oxygens (including phenoxy) is 2. The lowest BCUT2D eigenvalue weighted by atomic mass is 9.95. The van der Waals surface area contributed by atoms with Gasteiger partial charge in [0.1, 0.15) is 0 Å². The summed E-state index contributed by atoms with van der Waals surface area (Å²) in [5, 5.41) is 11.6. The number of fused-ring (bicyclic) bond motifs is 1. The first-order valence-electron chi connectivity index (χ1n) is 11.9. The number of anilines is 1. The zero-order valence-electron chi connectivity index (χ0n) is 20.9. The molecule has 9 nitrogen and oxygen atoms in total. The summed E-state index contributed by atoms with van der Waals surface area (Å²) < 4.78 is 16.5. The molecule has 5 rings (SSSR count). The molecule has 2 aromatic carbocycles. The molecule has 4 aromatic rings. The van der Waals surface area contributed by atoms with Crippen LogP contribution in [0, 0.1) is 0 Å². The first kappa shape index (κ1) is 24.8. The van der Waals surface area contributed by atoms with Gasteiger partial charge < -0.3 is 19.0 Å². The van der Waals surface area contributed by atoms with Crippen molar-refractivity contribution in [3.05, 3.63) is 101 Å². The van der Waals surface area contributed by atoms with E-state index >= 15 is 0 Å². The maximum Gasteiger partial charge on any atom is 0.338 e. The number of methoxy groups -OCH3 is 1. The highest BCUT2D eigenvalue weighted by Gasteiger charge is 2.45. The number of pyridine rings is 1. The summed E-state index contributed by atoms with van der Waals surface area (Å²) in [6, 6.07) is 15.4. The Hall–Kier alpha value is -4.92. The molecule has 1 aliphatic rings. The molecule has 38 heavy (non-hydrogen) atoms. The number of carbonyl (C=O) groups excluding carboxylic acids is 3. The standard InChI is InChI=1S/C29H24N2O7/c1-16(2)37-29(35)18-8-4-10-20(13-18)31-24(19-9-6-12-30-15-19)23(26(33)28(31)34)25(32)22-14-17-7-5-11-21(36-3)27(17)38-22/h4-16,24,33H,1-3H3. The van der Waals surface area contributed by atoms with Gasteiger partial charge in [0.25, 0.3) is 5.91 Å². The molecule has 0 aliphatic carbocycles. The molecular weight excluding hydrogens is 488 g/mol. The molecule has 0 spiro atoms. The third-order valence-electron chi connectivity index (χ3n) is 6.11. The molecule has 9 heteroatoms. The Morgan fingerprint density at radius 3 is 2.58 bits per heavy atom. The number of nitrogens with zero attached hydrogens (tertiary/aromatic N) is 2. The minimum atomic E-state index is -1.03. The normalized spacial score (nSPS) is 15.4. The van der Waals surface area contributed by atoms with Gasteiger partial charge in [0.15, 0.2) is 22.9 Å². The predicted molar refractivity (Wildman–Crippen MR) is 138 cm³/mol. The van der Waals surface area contributed by atoms with E-state index in [0.29, 0.717) is 28.0 Å². The molecular formula is C29H24N2O7. The molecule has 1 unspecified atom stereocenters. The number of hydrogen-bond donors (Lipinski definition) is 1. The Labute approximate surface area is 217 Å². The van der Waals surface area contributed by atoms with Crippen molar-refractivity contribution in [2.45, 2.75) is 26.0 Å². The molecule has 1 atom stereocenters. The van der Waals surface area contributed by atoms with E-state index in [4.69, 9.17) is 13.9 Å². The van der Waals surface area contributed by atoms with Crippen molar-refractivity contribution in [3.63, 3.8) is 0 Å². The fourth-order valence-corrected chi connectivity index (χ4v) is 4.46. The maximum absolute atomic E-state index is 13.8. The van der Waals surface area contributed by atoms with E-state index in [1.54, 1.807) is 68.6 Å². The summed E-state index contributed by atoms with van der Waals surface area (Å²) in [7, 11) is 1.49. The van der Waals surface area contributed by atoms with Gasteiger partial charge in [-0.25, -0.2) is 4.79 Å². The van der Waals surface area contributed by atoms with Crippen molar-refractivity contribution in [3.8, 4) is 5.75 Å². The first-order chi connectivity index (χ1) is 18.3. The van der Waals surface area contributed by atoms with Gasteiger partial charge in [0.2, 0.25) is 5.78 Å². The lowest BCUT2D eigenvalue weighted by molar-refractivity contribution is -0.117. The number of amides is 1. The minimum Gasteiger partial charge on any atom is -0.503 e. The van der Waals surface area contributed by atoms with Crippen LogP contribution in [0.2, 0.25) is 0 Å².